The molecular formula is C18H17NO4. The van der Waals surface area contributed by atoms with E-state index >= 15 is 0 Å². The van der Waals surface area contributed by atoms with E-state index in [1.54, 1.807) is 13.8 Å². The van der Waals surface area contributed by atoms with Crippen LogP contribution in [0.1, 0.15) is 31.0 Å². The van der Waals surface area contributed by atoms with Crippen LogP contribution in [0.15, 0.2) is 47.2 Å². The van der Waals surface area contributed by atoms with Crippen LogP contribution < -0.4 is 5.32 Å². The van der Waals surface area contributed by atoms with Gasteiger partial charge >= 0.3 is 5.97 Å². The minimum Gasteiger partial charge on any atom is -0.458 e. The molecule has 5 nitrogen and oxygen atoms in total. The third kappa shape index (κ3) is 2.07. The highest BCUT2D eigenvalue weighted by Gasteiger charge is 2.44. The van der Waals surface area contributed by atoms with Gasteiger partial charge in [-0.25, -0.2) is 4.79 Å². The Balaban J connectivity index is 1.57. The molecule has 5 heteroatoms. The Kier molecular flexibility index (Phi) is 3.04. The summed E-state index contributed by atoms with van der Waals surface area (Å²) in [6, 6.07) is 8.15. The fourth-order valence-electron chi connectivity index (χ4n) is 3.47. The first-order chi connectivity index (χ1) is 11.1. The molecule has 3 atom stereocenters. The summed E-state index contributed by atoms with van der Waals surface area (Å²) >= 11 is 0. The van der Waals surface area contributed by atoms with Crippen molar-refractivity contribution in [2.75, 3.05) is 0 Å². The van der Waals surface area contributed by atoms with Gasteiger partial charge in [0.2, 0.25) is 0 Å². The Hall–Kier alpha value is -2.56. The smallest absolute Gasteiger partial charge is 0.337 e. The molecule has 1 aromatic rings. The van der Waals surface area contributed by atoms with Crippen LogP contribution in [0.2, 0.25) is 0 Å². The van der Waals surface area contributed by atoms with Gasteiger partial charge in [-0.05, 0) is 31.4 Å². The lowest BCUT2D eigenvalue weighted by Gasteiger charge is -2.13. The van der Waals surface area contributed by atoms with Crippen LogP contribution >= 0.6 is 0 Å². The topological polar surface area (TPSA) is 64.6 Å². The van der Waals surface area contributed by atoms with Crippen molar-refractivity contribution in [3.63, 3.8) is 0 Å². The van der Waals surface area contributed by atoms with Gasteiger partial charge in [0.15, 0.2) is 0 Å². The maximum absolute atomic E-state index is 12.2. The number of carbonyl (C=O) groups excluding carboxylic acids is 2. The molecule has 0 saturated carbocycles. The molecule has 3 aliphatic rings. The summed E-state index contributed by atoms with van der Waals surface area (Å²) in [5.41, 5.74) is 4.35. The Morgan fingerprint density at radius 1 is 1.26 bits per heavy atom. The van der Waals surface area contributed by atoms with E-state index in [2.05, 4.69) is 17.4 Å². The summed E-state index contributed by atoms with van der Waals surface area (Å²) in [5, 5.41) is 3.02. The van der Waals surface area contributed by atoms with Crippen LogP contribution in [0.25, 0.3) is 0 Å². The molecule has 0 aromatic heterocycles. The second-order valence-corrected chi connectivity index (χ2v) is 6.22. The van der Waals surface area contributed by atoms with E-state index in [1.807, 2.05) is 12.1 Å². The Morgan fingerprint density at radius 2 is 2.04 bits per heavy atom. The molecule has 0 bridgehead atoms. The number of esters is 1. The van der Waals surface area contributed by atoms with Crippen LogP contribution in [0.3, 0.4) is 0 Å². The van der Waals surface area contributed by atoms with Gasteiger partial charge in [-0.2, -0.15) is 0 Å². The van der Waals surface area contributed by atoms with Gasteiger partial charge in [-0.1, -0.05) is 24.3 Å². The molecule has 0 spiro atoms. The lowest BCUT2D eigenvalue weighted by molar-refractivity contribution is -0.153. The summed E-state index contributed by atoms with van der Waals surface area (Å²) in [7, 11) is 0. The van der Waals surface area contributed by atoms with Crippen LogP contribution in [-0.2, 0) is 25.5 Å². The van der Waals surface area contributed by atoms with Crippen molar-refractivity contribution in [2.24, 2.45) is 5.92 Å². The van der Waals surface area contributed by atoms with Gasteiger partial charge in [0.05, 0.1) is 17.9 Å². The Morgan fingerprint density at radius 3 is 2.78 bits per heavy atom. The number of fused-ring (bicyclic) bond motifs is 3. The predicted molar refractivity (Wildman–Crippen MR) is 81.9 cm³/mol. The lowest BCUT2D eigenvalue weighted by Crippen LogP contribution is -2.19. The predicted octanol–water partition coefficient (Wildman–Crippen LogP) is 2.15. The van der Waals surface area contributed by atoms with E-state index in [-0.39, 0.29) is 23.8 Å². The number of rotatable bonds is 2. The van der Waals surface area contributed by atoms with Crippen molar-refractivity contribution < 1.29 is 19.1 Å². The molecule has 1 aromatic carbocycles. The zero-order valence-corrected chi connectivity index (χ0v) is 13.0. The first-order valence-corrected chi connectivity index (χ1v) is 7.69. The molecule has 1 fully saturated rings. The second-order valence-electron chi connectivity index (χ2n) is 6.22. The molecule has 23 heavy (non-hydrogen) atoms. The number of cyclic esters (lactones) is 1. The SMILES string of the molecule is CC1=C(C)[C@@H](O/C=C2/C(=O)N[C@@H]3c4ccccc4CC23)OC1=O. The number of hydrogen-bond acceptors (Lipinski definition) is 4. The van der Waals surface area contributed by atoms with E-state index in [9.17, 15) is 9.59 Å². The zero-order valence-electron chi connectivity index (χ0n) is 13.0. The molecule has 1 N–H and O–H groups in total. The minimum atomic E-state index is -0.731. The van der Waals surface area contributed by atoms with Crippen molar-refractivity contribution >= 4 is 11.9 Å². The number of hydrogen-bond donors (Lipinski definition) is 1. The molecule has 1 aliphatic carbocycles. The molecular weight excluding hydrogens is 294 g/mol. The first kappa shape index (κ1) is 14.1. The summed E-state index contributed by atoms with van der Waals surface area (Å²) in [6.45, 7) is 3.51. The Labute approximate surface area is 134 Å². The van der Waals surface area contributed by atoms with Gasteiger partial charge in [-0.3, -0.25) is 4.79 Å². The molecule has 2 aliphatic heterocycles. The third-order valence-corrected chi connectivity index (χ3v) is 4.96. The van der Waals surface area contributed by atoms with E-state index in [0.29, 0.717) is 11.1 Å². The fraction of sp³-hybridized carbons (Fsp3) is 0.333. The highest BCUT2D eigenvalue weighted by molar-refractivity contribution is 5.97. The van der Waals surface area contributed by atoms with Crippen LogP contribution in [0.5, 0.6) is 0 Å². The molecule has 0 radical (unpaired) electrons. The zero-order chi connectivity index (χ0) is 16.1. The minimum absolute atomic E-state index is 0.0121. The van der Waals surface area contributed by atoms with Crippen LogP contribution in [0.4, 0.5) is 0 Å². The molecule has 4 rings (SSSR count). The average molecular weight is 311 g/mol. The van der Waals surface area contributed by atoms with E-state index in [4.69, 9.17) is 9.47 Å². The Bertz CT molecular complexity index is 777. The van der Waals surface area contributed by atoms with Crippen molar-refractivity contribution in [1.29, 1.82) is 0 Å². The van der Waals surface area contributed by atoms with Crippen molar-refractivity contribution in [2.45, 2.75) is 32.6 Å². The number of amides is 1. The molecule has 1 saturated heterocycles. The van der Waals surface area contributed by atoms with Gasteiger partial charge in [0.1, 0.15) is 0 Å². The summed E-state index contributed by atoms with van der Waals surface area (Å²) < 4.78 is 10.7. The van der Waals surface area contributed by atoms with Crippen molar-refractivity contribution in [3.05, 3.63) is 58.4 Å². The van der Waals surface area contributed by atoms with E-state index in [0.717, 1.165) is 12.0 Å². The van der Waals surface area contributed by atoms with Crippen LogP contribution in [0, 0.1) is 5.92 Å². The molecule has 118 valence electrons. The fourth-order valence-corrected chi connectivity index (χ4v) is 3.47. The number of ether oxygens (including phenoxy) is 2. The number of benzene rings is 1. The summed E-state index contributed by atoms with van der Waals surface area (Å²) in [6.07, 6.45) is 1.55. The lowest BCUT2D eigenvalue weighted by atomic mass is 9.97. The monoisotopic (exact) mass is 311 g/mol. The number of nitrogens with one attached hydrogen (secondary N) is 1. The maximum atomic E-state index is 12.2. The standard InChI is InChI=1S/C18H17NO4/c1-9-10(2)18(23-17(9)21)22-8-14-13-7-11-5-3-4-6-12(11)15(13)19-16(14)20/h3-6,8,13,15,18H,7H2,1-2H3,(H,19,20)/b14-8+/t13?,15-,18+/m1/s1. The summed E-state index contributed by atoms with van der Waals surface area (Å²) in [5.74, 6) is -0.410. The van der Waals surface area contributed by atoms with Crippen molar-refractivity contribution in [3.8, 4) is 0 Å². The third-order valence-electron chi connectivity index (χ3n) is 4.96. The van der Waals surface area contributed by atoms with Crippen LogP contribution in [-0.4, -0.2) is 18.2 Å². The largest absolute Gasteiger partial charge is 0.458 e. The van der Waals surface area contributed by atoms with E-state index in [1.165, 1.54) is 17.4 Å². The van der Waals surface area contributed by atoms with Gasteiger partial charge < -0.3 is 14.8 Å². The quantitative estimate of drug-likeness (QED) is 0.516. The van der Waals surface area contributed by atoms with Crippen molar-refractivity contribution in [1.82, 2.24) is 5.32 Å². The summed E-state index contributed by atoms with van der Waals surface area (Å²) in [4.78, 5) is 23.8. The highest BCUT2D eigenvalue weighted by atomic mass is 16.7. The molecule has 1 unspecified atom stereocenters. The van der Waals surface area contributed by atoms with Gasteiger partial charge in [0, 0.05) is 17.1 Å². The molecule has 1 amide bonds. The maximum Gasteiger partial charge on any atom is 0.337 e. The number of carbonyl (C=O) groups is 2. The first-order valence-electron chi connectivity index (χ1n) is 7.69. The average Bonchev–Trinajstić information content (AvgIpc) is 3.12. The van der Waals surface area contributed by atoms with Gasteiger partial charge in [-0.15, -0.1) is 0 Å². The van der Waals surface area contributed by atoms with E-state index < -0.39 is 6.29 Å². The normalized spacial score (nSPS) is 30.3. The second kappa shape index (κ2) is 4.98. The molecule has 2 heterocycles. The highest BCUT2D eigenvalue weighted by Crippen LogP contribution is 2.44. The van der Waals surface area contributed by atoms with Gasteiger partial charge in [0.25, 0.3) is 12.2 Å².